The maximum atomic E-state index is 9.30. The number of aliphatic hydroxyl groups excluding tert-OH is 1. The monoisotopic (exact) mass is 201 g/mol. The van der Waals surface area contributed by atoms with Crippen LogP contribution in [0.2, 0.25) is 0 Å². The van der Waals surface area contributed by atoms with Gasteiger partial charge < -0.3 is 15.2 Å². The molecule has 14 heavy (non-hydrogen) atoms. The number of rotatable bonds is 5. The standard InChI is InChI=1S/C11H23NO2/c1-3-9(2)12-11(7-13)10-5-4-6-14-8-10/h9-13H,3-8H2,1-2H3. The number of ether oxygens (including phenoxy) is 1. The highest BCUT2D eigenvalue weighted by Crippen LogP contribution is 2.17. The lowest BCUT2D eigenvalue weighted by Crippen LogP contribution is -2.46. The van der Waals surface area contributed by atoms with Crippen molar-refractivity contribution in [2.75, 3.05) is 19.8 Å². The molecule has 0 spiro atoms. The Labute approximate surface area is 86.8 Å². The van der Waals surface area contributed by atoms with Crippen LogP contribution in [0.15, 0.2) is 0 Å². The van der Waals surface area contributed by atoms with E-state index in [2.05, 4.69) is 19.2 Å². The minimum atomic E-state index is 0.213. The molecule has 0 saturated carbocycles. The third-order valence-corrected chi connectivity index (χ3v) is 3.07. The molecule has 0 radical (unpaired) electrons. The van der Waals surface area contributed by atoms with Crippen molar-refractivity contribution < 1.29 is 9.84 Å². The molecule has 1 saturated heterocycles. The molecular weight excluding hydrogens is 178 g/mol. The Bertz CT molecular complexity index is 146. The Morgan fingerprint density at radius 3 is 2.86 bits per heavy atom. The van der Waals surface area contributed by atoms with Gasteiger partial charge in [0.1, 0.15) is 0 Å². The highest BCUT2D eigenvalue weighted by molar-refractivity contribution is 4.79. The molecule has 3 unspecified atom stereocenters. The average molecular weight is 201 g/mol. The van der Waals surface area contributed by atoms with Crippen molar-refractivity contribution in [3.63, 3.8) is 0 Å². The van der Waals surface area contributed by atoms with E-state index in [1.165, 1.54) is 6.42 Å². The fourth-order valence-electron chi connectivity index (χ4n) is 1.90. The summed E-state index contributed by atoms with van der Waals surface area (Å²) in [6, 6.07) is 0.694. The number of nitrogens with one attached hydrogen (secondary N) is 1. The topological polar surface area (TPSA) is 41.5 Å². The van der Waals surface area contributed by atoms with Crippen LogP contribution in [-0.2, 0) is 4.74 Å². The van der Waals surface area contributed by atoms with Crippen LogP contribution in [0.4, 0.5) is 0 Å². The Hall–Kier alpha value is -0.120. The van der Waals surface area contributed by atoms with Gasteiger partial charge in [-0.05, 0) is 32.1 Å². The van der Waals surface area contributed by atoms with Crippen molar-refractivity contribution in [1.29, 1.82) is 0 Å². The summed E-state index contributed by atoms with van der Waals surface area (Å²) in [5.41, 5.74) is 0. The smallest absolute Gasteiger partial charge is 0.0588 e. The summed E-state index contributed by atoms with van der Waals surface area (Å²) in [7, 11) is 0. The molecule has 1 aliphatic heterocycles. The third-order valence-electron chi connectivity index (χ3n) is 3.07. The molecule has 3 nitrogen and oxygen atoms in total. The highest BCUT2D eigenvalue weighted by atomic mass is 16.5. The normalized spacial score (nSPS) is 27.2. The first-order chi connectivity index (χ1) is 6.77. The largest absolute Gasteiger partial charge is 0.395 e. The molecule has 0 aromatic rings. The Morgan fingerprint density at radius 2 is 2.36 bits per heavy atom. The molecule has 0 bridgehead atoms. The molecule has 0 aromatic heterocycles. The average Bonchev–Trinajstić information content (AvgIpc) is 2.26. The molecule has 1 aliphatic rings. The van der Waals surface area contributed by atoms with Crippen LogP contribution in [-0.4, -0.2) is 37.0 Å². The van der Waals surface area contributed by atoms with Crippen LogP contribution in [0, 0.1) is 5.92 Å². The first kappa shape index (κ1) is 12.0. The molecule has 0 aliphatic carbocycles. The SMILES string of the molecule is CCC(C)NC(CO)C1CCCOC1. The summed E-state index contributed by atoms with van der Waals surface area (Å²) in [5, 5.41) is 12.8. The maximum absolute atomic E-state index is 9.30. The van der Waals surface area contributed by atoms with E-state index in [1.54, 1.807) is 0 Å². The van der Waals surface area contributed by atoms with Crippen LogP contribution in [0.1, 0.15) is 33.1 Å². The van der Waals surface area contributed by atoms with E-state index in [9.17, 15) is 5.11 Å². The second kappa shape index (κ2) is 6.38. The van der Waals surface area contributed by atoms with Gasteiger partial charge in [0.25, 0.3) is 0 Å². The molecule has 3 atom stereocenters. The zero-order chi connectivity index (χ0) is 10.4. The lowest BCUT2D eigenvalue weighted by atomic mass is 9.93. The quantitative estimate of drug-likeness (QED) is 0.701. The van der Waals surface area contributed by atoms with E-state index in [4.69, 9.17) is 4.74 Å². The van der Waals surface area contributed by atoms with Gasteiger partial charge in [0, 0.05) is 18.7 Å². The highest BCUT2D eigenvalue weighted by Gasteiger charge is 2.24. The third kappa shape index (κ3) is 3.56. The lowest BCUT2D eigenvalue weighted by molar-refractivity contribution is 0.0262. The van der Waals surface area contributed by atoms with Crippen molar-refractivity contribution in [2.24, 2.45) is 5.92 Å². The number of aliphatic hydroxyl groups is 1. The van der Waals surface area contributed by atoms with Crippen molar-refractivity contribution >= 4 is 0 Å². The fraction of sp³-hybridized carbons (Fsp3) is 1.00. The van der Waals surface area contributed by atoms with E-state index in [1.807, 2.05) is 0 Å². The second-order valence-electron chi connectivity index (χ2n) is 4.24. The van der Waals surface area contributed by atoms with E-state index in [0.29, 0.717) is 12.0 Å². The summed E-state index contributed by atoms with van der Waals surface area (Å²) >= 11 is 0. The van der Waals surface area contributed by atoms with E-state index < -0.39 is 0 Å². The van der Waals surface area contributed by atoms with Gasteiger partial charge in [-0.1, -0.05) is 6.92 Å². The van der Waals surface area contributed by atoms with Gasteiger partial charge in [-0.15, -0.1) is 0 Å². The second-order valence-corrected chi connectivity index (χ2v) is 4.24. The van der Waals surface area contributed by atoms with Crippen molar-refractivity contribution in [3.8, 4) is 0 Å². The summed E-state index contributed by atoms with van der Waals surface area (Å²) in [4.78, 5) is 0. The van der Waals surface area contributed by atoms with Gasteiger partial charge in [0.05, 0.1) is 13.2 Å². The molecular formula is C11H23NO2. The minimum absolute atomic E-state index is 0.213. The van der Waals surface area contributed by atoms with E-state index >= 15 is 0 Å². The van der Waals surface area contributed by atoms with Gasteiger partial charge in [0.2, 0.25) is 0 Å². The Morgan fingerprint density at radius 1 is 1.57 bits per heavy atom. The van der Waals surface area contributed by atoms with Gasteiger partial charge >= 0.3 is 0 Å². The van der Waals surface area contributed by atoms with Crippen LogP contribution < -0.4 is 5.32 Å². The number of hydrogen-bond donors (Lipinski definition) is 2. The molecule has 0 amide bonds. The van der Waals surface area contributed by atoms with Crippen molar-refractivity contribution in [1.82, 2.24) is 5.32 Å². The van der Waals surface area contributed by atoms with Crippen molar-refractivity contribution in [2.45, 2.75) is 45.2 Å². The van der Waals surface area contributed by atoms with Crippen LogP contribution in [0.3, 0.4) is 0 Å². The van der Waals surface area contributed by atoms with Gasteiger partial charge in [-0.3, -0.25) is 0 Å². The predicted octanol–water partition coefficient (Wildman–Crippen LogP) is 1.16. The Kier molecular flexibility index (Phi) is 5.45. The van der Waals surface area contributed by atoms with E-state index in [0.717, 1.165) is 26.1 Å². The zero-order valence-corrected chi connectivity index (χ0v) is 9.33. The molecule has 3 heteroatoms. The number of hydrogen-bond acceptors (Lipinski definition) is 3. The van der Waals surface area contributed by atoms with Crippen LogP contribution >= 0.6 is 0 Å². The molecule has 1 heterocycles. The molecule has 84 valence electrons. The fourth-order valence-corrected chi connectivity index (χ4v) is 1.90. The maximum Gasteiger partial charge on any atom is 0.0588 e. The van der Waals surface area contributed by atoms with Crippen LogP contribution in [0.25, 0.3) is 0 Å². The minimum Gasteiger partial charge on any atom is -0.395 e. The van der Waals surface area contributed by atoms with Crippen molar-refractivity contribution in [3.05, 3.63) is 0 Å². The first-order valence-electron chi connectivity index (χ1n) is 5.72. The Balaban J connectivity index is 2.35. The summed E-state index contributed by atoms with van der Waals surface area (Å²) in [6.45, 7) is 6.22. The molecule has 1 rings (SSSR count). The summed E-state index contributed by atoms with van der Waals surface area (Å²) in [6.07, 6.45) is 3.40. The molecule has 2 N–H and O–H groups in total. The first-order valence-corrected chi connectivity index (χ1v) is 5.72. The zero-order valence-electron chi connectivity index (χ0n) is 9.33. The molecule has 0 aromatic carbocycles. The van der Waals surface area contributed by atoms with E-state index in [-0.39, 0.29) is 12.6 Å². The van der Waals surface area contributed by atoms with Crippen LogP contribution in [0.5, 0.6) is 0 Å². The predicted molar refractivity (Wildman–Crippen MR) is 57.3 cm³/mol. The van der Waals surface area contributed by atoms with Gasteiger partial charge in [-0.2, -0.15) is 0 Å². The summed E-state index contributed by atoms with van der Waals surface area (Å²) in [5.74, 6) is 0.489. The molecule has 1 fully saturated rings. The lowest BCUT2D eigenvalue weighted by Gasteiger charge is -2.31. The summed E-state index contributed by atoms with van der Waals surface area (Å²) < 4.78 is 5.43. The van der Waals surface area contributed by atoms with Gasteiger partial charge in [0.15, 0.2) is 0 Å². The van der Waals surface area contributed by atoms with Gasteiger partial charge in [-0.25, -0.2) is 0 Å².